The van der Waals surface area contributed by atoms with Gasteiger partial charge in [-0.3, -0.25) is 9.59 Å². The van der Waals surface area contributed by atoms with Crippen LogP contribution in [0.4, 0.5) is 0 Å². The number of methoxy groups -OCH3 is 2. The molecule has 0 saturated heterocycles. The van der Waals surface area contributed by atoms with Crippen LogP contribution >= 0.6 is 22.6 Å². The van der Waals surface area contributed by atoms with Gasteiger partial charge in [0.1, 0.15) is 5.41 Å². The summed E-state index contributed by atoms with van der Waals surface area (Å²) in [4.78, 5) is 27.6. The molecule has 1 atom stereocenters. The summed E-state index contributed by atoms with van der Waals surface area (Å²) < 4.78 is 10.8. The van der Waals surface area contributed by atoms with E-state index in [2.05, 4.69) is 27.6 Å². The van der Waals surface area contributed by atoms with Gasteiger partial charge in [-0.2, -0.15) is 0 Å². The molecule has 0 saturated carbocycles. The number of aromatic amines is 1. The van der Waals surface area contributed by atoms with Crippen molar-refractivity contribution in [2.45, 2.75) is 11.8 Å². The number of carbonyl (C=O) groups excluding carboxylic acids is 2. The van der Waals surface area contributed by atoms with Gasteiger partial charge in [0.05, 0.1) is 20.6 Å². The molecule has 5 nitrogen and oxygen atoms in total. The number of hydrogen-bond donors (Lipinski definition) is 1. The Kier molecular flexibility index (Phi) is 5.23. The highest BCUT2D eigenvalue weighted by Crippen LogP contribution is 2.37. The van der Waals surface area contributed by atoms with Crippen LogP contribution in [0.15, 0.2) is 42.6 Å². The summed E-state index contributed by atoms with van der Waals surface area (Å²) in [7, 11) is 2.61. The molecule has 6 heteroatoms. The van der Waals surface area contributed by atoms with Crippen molar-refractivity contribution in [3.8, 4) is 0 Å². The first-order chi connectivity index (χ1) is 10.5. The van der Waals surface area contributed by atoms with E-state index < -0.39 is 17.4 Å². The third kappa shape index (κ3) is 3.01. The molecule has 0 aliphatic carbocycles. The molecule has 0 amide bonds. The molecule has 0 bridgehead atoms. The minimum absolute atomic E-state index is 0.142. The Hall–Kier alpha value is -1.83. The molecule has 1 aromatic heterocycles. The van der Waals surface area contributed by atoms with Gasteiger partial charge in [0.2, 0.25) is 0 Å². The maximum Gasteiger partial charge on any atom is 0.322 e. The first-order valence-electron chi connectivity index (χ1n) is 6.59. The van der Waals surface area contributed by atoms with E-state index in [0.29, 0.717) is 11.3 Å². The van der Waals surface area contributed by atoms with Gasteiger partial charge < -0.3 is 14.5 Å². The van der Waals surface area contributed by atoms with Crippen LogP contribution < -0.4 is 0 Å². The largest absolute Gasteiger partial charge is 0.469 e. The van der Waals surface area contributed by atoms with E-state index in [1.165, 1.54) is 14.2 Å². The molecule has 1 unspecified atom stereocenters. The molecule has 0 fully saturated rings. The monoisotopic (exact) mass is 413 g/mol. The summed E-state index contributed by atoms with van der Waals surface area (Å²) in [5.74, 6) is -1.000. The first-order valence-corrected chi connectivity index (χ1v) is 7.67. The van der Waals surface area contributed by atoms with E-state index in [1.807, 2.05) is 24.3 Å². The van der Waals surface area contributed by atoms with E-state index in [9.17, 15) is 9.59 Å². The Bertz CT molecular complexity index is 651. The summed E-state index contributed by atoms with van der Waals surface area (Å²) in [6.45, 7) is 0. The number of ether oxygens (including phenoxy) is 2. The minimum atomic E-state index is -1.25. The second-order valence-electron chi connectivity index (χ2n) is 4.74. The number of H-pyrrole nitrogens is 1. The molecule has 0 spiro atoms. The fourth-order valence-corrected chi connectivity index (χ4v) is 2.81. The Morgan fingerprint density at radius 1 is 1.14 bits per heavy atom. The van der Waals surface area contributed by atoms with Crippen molar-refractivity contribution in [2.24, 2.45) is 0 Å². The van der Waals surface area contributed by atoms with Crippen molar-refractivity contribution in [3.63, 3.8) is 0 Å². The van der Waals surface area contributed by atoms with E-state index in [1.54, 1.807) is 18.3 Å². The second-order valence-corrected chi connectivity index (χ2v) is 5.99. The smallest absolute Gasteiger partial charge is 0.322 e. The number of hydrogen-bond acceptors (Lipinski definition) is 4. The number of carbonyl (C=O) groups is 2. The highest BCUT2D eigenvalue weighted by molar-refractivity contribution is 14.1. The van der Waals surface area contributed by atoms with Gasteiger partial charge in [-0.05, 0) is 52.4 Å². The molecule has 1 N–H and O–H groups in total. The van der Waals surface area contributed by atoms with Gasteiger partial charge in [-0.1, -0.05) is 12.1 Å². The summed E-state index contributed by atoms with van der Waals surface area (Å²) in [6, 6.07) is 10.9. The van der Waals surface area contributed by atoms with Crippen LogP contribution in [0.5, 0.6) is 0 Å². The van der Waals surface area contributed by atoms with Crippen molar-refractivity contribution in [3.05, 3.63) is 57.4 Å². The second kappa shape index (κ2) is 6.95. The molecular weight excluding hydrogens is 397 g/mol. The summed E-state index contributed by atoms with van der Waals surface area (Å²) in [5, 5.41) is 0. The predicted octanol–water partition coefficient (Wildman–Crippen LogP) is 2.64. The van der Waals surface area contributed by atoms with Crippen LogP contribution in [0.3, 0.4) is 0 Å². The molecule has 22 heavy (non-hydrogen) atoms. The third-order valence-corrected chi connectivity index (χ3v) is 4.28. The molecule has 2 aromatic rings. The molecule has 1 aromatic carbocycles. The van der Waals surface area contributed by atoms with E-state index in [4.69, 9.17) is 9.47 Å². The van der Waals surface area contributed by atoms with Crippen molar-refractivity contribution in [1.82, 2.24) is 4.98 Å². The SMILES string of the molecule is COC(=O)CC(C(=O)OC)(c1ccc(I)cc1)c1ccc[nH]1. The average Bonchev–Trinajstić information content (AvgIpc) is 3.07. The Labute approximate surface area is 142 Å². The number of nitrogens with one attached hydrogen (secondary N) is 1. The molecule has 0 radical (unpaired) electrons. The van der Waals surface area contributed by atoms with Crippen LogP contribution in [0.2, 0.25) is 0 Å². The summed E-state index contributed by atoms with van der Waals surface area (Å²) >= 11 is 2.18. The third-order valence-electron chi connectivity index (χ3n) is 3.57. The number of benzene rings is 1. The fourth-order valence-electron chi connectivity index (χ4n) is 2.45. The standard InChI is InChI=1S/C16H16INO4/c1-21-14(19)10-16(15(20)22-2,13-4-3-9-18-13)11-5-7-12(17)8-6-11/h3-9,18H,10H2,1-2H3. The lowest BCUT2D eigenvalue weighted by Gasteiger charge is -2.29. The highest BCUT2D eigenvalue weighted by Gasteiger charge is 2.46. The minimum Gasteiger partial charge on any atom is -0.469 e. The van der Waals surface area contributed by atoms with Gasteiger partial charge >= 0.3 is 11.9 Å². The van der Waals surface area contributed by atoms with E-state index in [0.717, 1.165) is 3.57 Å². The van der Waals surface area contributed by atoms with Gasteiger partial charge in [0, 0.05) is 15.5 Å². The van der Waals surface area contributed by atoms with Gasteiger partial charge in [0.15, 0.2) is 0 Å². The lowest BCUT2D eigenvalue weighted by Crippen LogP contribution is -2.41. The molecule has 116 valence electrons. The van der Waals surface area contributed by atoms with E-state index in [-0.39, 0.29) is 6.42 Å². The van der Waals surface area contributed by atoms with Crippen molar-refractivity contribution in [2.75, 3.05) is 14.2 Å². The van der Waals surface area contributed by atoms with Gasteiger partial charge in [-0.15, -0.1) is 0 Å². The number of rotatable bonds is 5. The summed E-state index contributed by atoms with van der Waals surface area (Å²) in [5.41, 5.74) is 0.00829. The Balaban J connectivity index is 2.66. The maximum atomic E-state index is 12.6. The molecule has 1 heterocycles. The number of halogens is 1. The molecule has 2 rings (SSSR count). The quantitative estimate of drug-likeness (QED) is 0.605. The van der Waals surface area contributed by atoms with E-state index >= 15 is 0 Å². The predicted molar refractivity (Wildman–Crippen MR) is 89.4 cm³/mol. The average molecular weight is 413 g/mol. The van der Waals surface area contributed by atoms with Crippen LogP contribution in [-0.4, -0.2) is 31.1 Å². The highest BCUT2D eigenvalue weighted by atomic mass is 127. The topological polar surface area (TPSA) is 68.4 Å². The number of esters is 2. The maximum absolute atomic E-state index is 12.6. The molecule has 0 aliphatic heterocycles. The van der Waals surface area contributed by atoms with Crippen LogP contribution in [0.1, 0.15) is 17.7 Å². The first kappa shape index (κ1) is 16.5. The van der Waals surface area contributed by atoms with Crippen molar-refractivity contribution in [1.29, 1.82) is 0 Å². The zero-order valence-electron chi connectivity index (χ0n) is 12.3. The Morgan fingerprint density at radius 3 is 2.32 bits per heavy atom. The van der Waals surface area contributed by atoms with Crippen molar-refractivity contribution >= 4 is 34.5 Å². The van der Waals surface area contributed by atoms with Gasteiger partial charge in [-0.25, -0.2) is 0 Å². The lowest BCUT2D eigenvalue weighted by atomic mass is 9.74. The van der Waals surface area contributed by atoms with Crippen LogP contribution in [0.25, 0.3) is 0 Å². The van der Waals surface area contributed by atoms with Crippen molar-refractivity contribution < 1.29 is 19.1 Å². The lowest BCUT2D eigenvalue weighted by molar-refractivity contribution is -0.152. The summed E-state index contributed by atoms with van der Waals surface area (Å²) in [6.07, 6.45) is 1.56. The zero-order valence-corrected chi connectivity index (χ0v) is 14.4. The van der Waals surface area contributed by atoms with Crippen LogP contribution in [-0.2, 0) is 24.5 Å². The van der Waals surface area contributed by atoms with Crippen LogP contribution in [0, 0.1) is 3.57 Å². The Morgan fingerprint density at radius 2 is 1.82 bits per heavy atom. The number of aromatic nitrogens is 1. The normalized spacial score (nSPS) is 13.2. The fraction of sp³-hybridized carbons (Fsp3) is 0.250. The molecule has 0 aliphatic rings. The molecular formula is C16H16INO4. The zero-order chi connectivity index (χ0) is 16.2. The van der Waals surface area contributed by atoms with Gasteiger partial charge in [0.25, 0.3) is 0 Å².